The van der Waals surface area contributed by atoms with E-state index >= 15 is 0 Å². The lowest BCUT2D eigenvalue weighted by Gasteiger charge is -2.35. The van der Waals surface area contributed by atoms with Crippen LogP contribution < -0.4 is 5.32 Å². The van der Waals surface area contributed by atoms with E-state index in [2.05, 4.69) is 20.4 Å². The highest BCUT2D eigenvalue weighted by Crippen LogP contribution is 2.49. The fourth-order valence-corrected chi connectivity index (χ4v) is 4.58. The number of aliphatic hydroxyl groups excluding tert-OH is 1. The maximum Gasteiger partial charge on any atom is 0.396 e. The number of aromatic nitrogens is 4. The van der Waals surface area contributed by atoms with Gasteiger partial charge >= 0.3 is 6.18 Å². The van der Waals surface area contributed by atoms with Crippen molar-refractivity contribution in [3.05, 3.63) is 35.5 Å². The van der Waals surface area contributed by atoms with Gasteiger partial charge < -0.3 is 10.4 Å². The Morgan fingerprint density at radius 3 is 2.73 bits per heavy atom. The Kier molecular flexibility index (Phi) is 5.08. The quantitative estimate of drug-likeness (QED) is 0.772. The van der Waals surface area contributed by atoms with Crippen LogP contribution in [0.25, 0.3) is 5.82 Å². The molecule has 1 saturated carbocycles. The third-order valence-corrected chi connectivity index (χ3v) is 6.57. The standard InChI is InChI=1S/C20H24F3N5O2/c1-19(2,20(21,22)23)14(10-29)26-18(30)16-13-8-11-4-3-5-12(11)17(13)28(27-16)15-9-24-6-7-25-15/h6-7,9,11-12,14,29H,3-5,8,10H2,1-2H3,(H,26,30). The van der Waals surface area contributed by atoms with Crippen LogP contribution in [-0.4, -0.2) is 49.6 Å². The summed E-state index contributed by atoms with van der Waals surface area (Å²) in [6.07, 6.45) is 3.78. The molecule has 30 heavy (non-hydrogen) atoms. The summed E-state index contributed by atoms with van der Waals surface area (Å²) in [6.45, 7) is 1.08. The topological polar surface area (TPSA) is 92.9 Å². The first kappa shape index (κ1) is 20.8. The van der Waals surface area contributed by atoms with Crippen LogP contribution in [0.4, 0.5) is 13.2 Å². The number of halogens is 3. The lowest BCUT2D eigenvalue weighted by atomic mass is 9.84. The minimum atomic E-state index is -4.59. The normalized spacial score (nSPS) is 21.9. The maximum absolute atomic E-state index is 13.4. The van der Waals surface area contributed by atoms with Crippen molar-refractivity contribution in [3.63, 3.8) is 0 Å². The number of amides is 1. The Labute approximate surface area is 171 Å². The van der Waals surface area contributed by atoms with E-state index in [1.54, 1.807) is 10.9 Å². The smallest absolute Gasteiger partial charge is 0.394 e. The van der Waals surface area contributed by atoms with Gasteiger partial charge in [-0.05, 0) is 39.0 Å². The third kappa shape index (κ3) is 3.27. The Morgan fingerprint density at radius 2 is 2.10 bits per heavy atom. The van der Waals surface area contributed by atoms with Crippen LogP contribution in [0.1, 0.15) is 60.8 Å². The Balaban J connectivity index is 1.71. The lowest BCUT2D eigenvalue weighted by molar-refractivity contribution is -0.223. The summed E-state index contributed by atoms with van der Waals surface area (Å²) in [5.41, 5.74) is -0.542. The molecule has 0 spiro atoms. The number of nitrogens with one attached hydrogen (secondary N) is 1. The highest BCUT2D eigenvalue weighted by Gasteiger charge is 2.53. The van der Waals surface area contributed by atoms with E-state index in [1.165, 1.54) is 12.4 Å². The molecule has 162 valence electrons. The Bertz CT molecular complexity index is 942. The van der Waals surface area contributed by atoms with Gasteiger partial charge in [0.25, 0.3) is 5.91 Å². The summed E-state index contributed by atoms with van der Waals surface area (Å²) in [7, 11) is 0. The first-order chi connectivity index (χ1) is 14.1. The number of carbonyl (C=O) groups excluding carboxylic acids is 1. The predicted octanol–water partition coefficient (Wildman–Crippen LogP) is 2.78. The number of hydrogen-bond acceptors (Lipinski definition) is 5. The summed E-state index contributed by atoms with van der Waals surface area (Å²) in [5.74, 6) is 0.393. The van der Waals surface area contributed by atoms with Gasteiger partial charge in [-0.2, -0.15) is 18.3 Å². The molecular formula is C20H24F3N5O2. The van der Waals surface area contributed by atoms with Gasteiger partial charge in [-0.25, -0.2) is 9.67 Å². The first-order valence-corrected chi connectivity index (χ1v) is 10.0. The molecule has 2 aliphatic rings. The Morgan fingerprint density at radius 1 is 1.33 bits per heavy atom. The van der Waals surface area contributed by atoms with E-state index in [0.29, 0.717) is 18.2 Å². The summed E-state index contributed by atoms with van der Waals surface area (Å²) in [6, 6.07) is -1.50. The van der Waals surface area contributed by atoms with Gasteiger partial charge in [0.15, 0.2) is 11.5 Å². The van der Waals surface area contributed by atoms with Crippen LogP contribution >= 0.6 is 0 Å². The molecule has 3 unspecified atom stereocenters. The van der Waals surface area contributed by atoms with Gasteiger partial charge in [0.1, 0.15) is 0 Å². The average Bonchev–Trinajstić information content (AvgIpc) is 3.37. The molecular weight excluding hydrogens is 399 g/mol. The number of fused-ring (bicyclic) bond motifs is 3. The molecule has 2 aromatic heterocycles. The van der Waals surface area contributed by atoms with Crippen molar-refractivity contribution in [1.29, 1.82) is 0 Å². The van der Waals surface area contributed by atoms with Gasteiger partial charge in [0.05, 0.1) is 30.0 Å². The molecule has 4 rings (SSSR count). The summed E-state index contributed by atoms with van der Waals surface area (Å²) in [4.78, 5) is 21.4. The van der Waals surface area contributed by atoms with Gasteiger partial charge in [-0.1, -0.05) is 6.42 Å². The molecule has 3 atom stereocenters. The minimum Gasteiger partial charge on any atom is -0.394 e. The molecule has 10 heteroatoms. The van der Waals surface area contributed by atoms with Crippen molar-refractivity contribution in [2.45, 2.75) is 57.7 Å². The van der Waals surface area contributed by atoms with Gasteiger partial charge in [0, 0.05) is 23.9 Å². The van der Waals surface area contributed by atoms with Crippen molar-refractivity contribution >= 4 is 5.91 Å². The molecule has 2 aliphatic carbocycles. The fourth-order valence-electron chi connectivity index (χ4n) is 4.58. The van der Waals surface area contributed by atoms with E-state index in [0.717, 1.165) is 44.4 Å². The van der Waals surface area contributed by atoms with Crippen LogP contribution in [0.15, 0.2) is 18.6 Å². The second-order valence-corrected chi connectivity index (χ2v) is 8.62. The number of aliphatic hydroxyl groups is 1. The Hall–Kier alpha value is -2.49. The first-order valence-electron chi connectivity index (χ1n) is 10.0. The summed E-state index contributed by atoms with van der Waals surface area (Å²) >= 11 is 0. The largest absolute Gasteiger partial charge is 0.396 e. The number of rotatable bonds is 5. The highest BCUT2D eigenvalue weighted by atomic mass is 19.4. The van der Waals surface area contributed by atoms with Crippen molar-refractivity contribution in [2.24, 2.45) is 11.3 Å². The zero-order valence-corrected chi connectivity index (χ0v) is 16.8. The number of alkyl halides is 3. The second-order valence-electron chi connectivity index (χ2n) is 8.62. The van der Waals surface area contributed by atoms with Crippen molar-refractivity contribution in [2.75, 3.05) is 6.61 Å². The molecule has 2 heterocycles. The molecule has 0 aromatic carbocycles. The molecule has 0 aliphatic heterocycles. The predicted molar refractivity (Wildman–Crippen MR) is 101 cm³/mol. The number of nitrogens with zero attached hydrogens (tertiary/aromatic N) is 4. The monoisotopic (exact) mass is 423 g/mol. The van der Waals surface area contributed by atoms with Crippen LogP contribution in [0.5, 0.6) is 0 Å². The van der Waals surface area contributed by atoms with Crippen LogP contribution in [0.2, 0.25) is 0 Å². The average molecular weight is 423 g/mol. The van der Waals surface area contributed by atoms with Crippen LogP contribution in [-0.2, 0) is 6.42 Å². The van der Waals surface area contributed by atoms with Crippen LogP contribution in [0, 0.1) is 11.3 Å². The second kappa shape index (κ2) is 7.33. The lowest BCUT2D eigenvalue weighted by Crippen LogP contribution is -2.54. The van der Waals surface area contributed by atoms with Crippen molar-refractivity contribution < 1.29 is 23.1 Å². The van der Waals surface area contributed by atoms with E-state index in [9.17, 15) is 23.1 Å². The van der Waals surface area contributed by atoms with Crippen molar-refractivity contribution in [1.82, 2.24) is 25.1 Å². The van der Waals surface area contributed by atoms with Crippen LogP contribution in [0.3, 0.4) is 0 Å². The van der Waals surface area contributed by atoms with Gasteiger partial charge in [0.2, 0.25) is 0 Å². The zero-order chi connectivity index (χ0) is 21.7. The molecule has 2 N–H and O–H groups in total. The van der Waals surface area contributed by atoms with E-state index in [1.807, 2.05) is 0 Å². The molecule has 2 aromatic rings. The zero-order valence-electron chi connectivity index (χ0n) is 16.8. The molecule has 0 saturated heterocycles. The van der Waals surface area contributed by atoms with E-state index in [-0.39, 0.29) is 11.6 Å². The molecule has 1 amide bonds. The minimum absolute atomic E-state index is 0.0986. The third-order valence-electron chi connectivity index (χ3n) is 6.57. The van der Waals surface area contributed by atoms with E-state index < -0.39 is 30.1 Å². The fraction of sp³-hybridized carbons (Fsp3) is 0.600. The molecule has 1 fully saturated rings. The highest BCUT2D eigenvalue weighted by molar-refractivity contribution is 5.94. The van der Waals surface area contributed by atoms with Crippen molar-refractivity contribution in [3.8, 4) is 5.82 Å². The summed E-state index contributed by atoms with van der Waals surface area (Å²) in [5, 5.41) is 16.4. The number of carbonyl (C=O) groups is 1. The van der Waals surface area contributed by atoms with E-state index in [4.69, 9.17) is 0 Å². The molecule has 0 radical (unpaired) electrons. The number of hydrogen-bond donors (Lipinski definition) is 2. The SMILES string of the molecule is CC(C)(C(CO)NC(=O)c1nn(-c2cnccn2)c2c1CC1CCCC21)C(F)(F)F. The summed E-state index contributed by atoms with van der Waals surface area (Å²) < 4.78 is 41.9. The van der Waals surface area contributed by atoms with Gasteiger partial charge in [-0.15, -0.1) is 0 Å². The molecule has 0 bridgehead atoms. The van der Waals surface area contributed by atoms with Gasteiger partial charge in [-0.3, -0.25) is 9.78 Å². The molecule has 7 nitrogen and oxygen atoms in total. The maximum atomic E-state index is 13.4.